The van der Waals surface area contributed by atoms with E-state index in [1.807, 2.05) is 43.3 Å². The van der Waals surface area contributed by atoms with E-state index in [0.29, 0.717) is 21.9 Å². The van der Waals surface area contributed by atoms with Gasteiger partial charge in [0.1, 0.15) is 0 Å². The van der Waals surface area contributed by atoms with Gasteiger partial charge in [0.25, 0.3) is 0 Å². The van der Waals surface area contributed by atoms with Gasteiger partial charge in [-0.3, -0.25) is 9.79 Å². The van der Waals surface area contributed by atoms with E-state index in [-0.39, 0.29) is 11.7 Å². The quantitative estimate of drug-likeness (QED) is 0.763. The summed E-state index contributed by atoms with van der Waals surface area (Å²) < 4.78 is 0. The molecule has 1 unspecified atom stereocenters. The Morgan fingerprint density at radius 1 is 1.08 bits per heavy atom. The summed E-state index contributed by atoms with van der Waals surface area (Å²) in [4.78, 5) is 17.6. The number of hydrogen-bond donors (Lipinski definition) is 0. The number of nitrogens with zero attached hydrogens (tertiary/aromatic N) is 2. The van der Waals surface area contributed by atoms with Crippen LogP contribution in [0, 0.1) is 17.2 Å². The van der Waals surface area contributed by atoms with Crippen LogP contribution in [-0.4, -0.2) is 11.5 Å². The van der Waals surface area contributed by atoms with Gasteiger partial charge in [-0.25, -0.2) is 0 Å². The predicted molar refractivity (Wildman–Crippen MR) is 94.1 cm³/mol. The Labute approximate surface area is 144 Å². The zero-order valence-corrected chi connectivity index (χ0v) is 13.7. The molecule has 1 aliphatic heterocycles. The van der Waals surface area contributed by atoms with E-state index in [4.69, 9.17) is 11.6 Å². The van der Waals surface area contributed by atoms with Crippen LogP contribution in [0.3, 0.4) is 0 Å². The second-order valence-electron chi connectivity index (χ2n) is 6.03. The predicted octanol–water partition coefficient (Wildman–Crippen LogP) is 4.65. The summed E-state index contributed by atoms with van der Waals surface area (Å²) in [6, 6.07) is 17.2. The lowest BCUT2D eigenvalue weighted by Gasteiger charge is -2.27. The molecule has 0 saturated heterocycles. The molecule has 0 aromatic heterocycles. The number of rotatable bonds is 1. The molecule has 0 saturated carbocycles. The molecule has 116 valence electrons. The molecule has 0 radical (unpaired) electrons. The summed E-state index contributed by atoms with van der Waals surface area (Å²) in [5, 5.41) is 10.3. The van der Waals surface area contributed by atoms with Gasteiger partial charge in [0, 0.05) is 33.4 Å². The molecule has 2 aromatic rings. The lowest BCUT2D eigenvalue weighted by atomic mass is 9.76. The van der Waals surface area contributed by atoms with Gasteiger partial charge >= 0.3 is 0 Å². The highest BCUT2D eigenvalue weighted by Gasteiger charge is 2.42. The van der Waals surface area contributed by atoms with Crippen LogP contribution in [-0.2, 0) is 0 Å². The van der Waals surface area contributed by atoms with Crippen LogP contribution in [0.2, 0.25) is 5.02 Å². The molecule has 0 spiro atoms. The first-order chi connectivity index (χ1) is 11.6. The molecule has 0 amide bonds. The van der Waals surface area contributed by atoms with Gasteiger partial charge in [-0.15, -0.1) is 0 Å². The molecule has 0 bridgehead atoms. The van der Waals surface area contributed by atoms with Crippen LogP contribution >= 0.6 is 11.6 Å². The number of benzene rings is 2. The van der Waals surface area contributed by atoms with E-state index in [1.165, 1.54) is 0 Å². The SMILES string of the molecule is CC1=NC2=C(C(=O)c3ccccc32)[C@@H](c2ccc(Cl)cc2)C1C#N. The minimum atomic E-state index is -0.455. The number of allylic oxidation sites excluding steroid dienone is 1. The summed E-state index contributed by atoms with van der Waals surface area (Å²) >= 11 is 5.99. The first kappa shape index (κ1) is 14.9. The van der Waals surface area contributed by atoms with Crippen LogP contribution < -0.4 is 0 Å². The normalized spacial score (nSPS) is 21.9. The third-order valence-corrected chi connectivity index (χ3v) is 4.93. The van der Waals surface area contributed by atoms with Crippen molar-refractivity contribution in [2.75, 3.05) is 0 Å². The van der Waals surface area contributed by atoms with Crippen molar-refractivity contribution in [1.29, 1.82) is 5.26 Å². The molecule has 3 nitrogen and oxygen atoms in total. The number of carbonyl (C=O) groups excluding carboxylic acids is 1. The highest BCUT2D eigenvalue weighted by atomic mass is 35.5. The molecule has 0 fully saturated rings. The maximum Gasteiger partial charge on any atom is 0.192 e. The number of Topliss-reactive ketones (excluding diaryl/α,β-unsaturated/α-hetero) is 1. The summed E-state index contributed by atoms with van der Waals surface area (Å²) in [5.41, 5.74) is 4.49. The molecule has 2 atom stereocenters. The van der Waals surface area contributed by atoms with Crippen molar-refractivity contribution in [2.45, 2.75) is 12.8 Å². The second-order valence-corrected chi connectivity index (χ2v) is 6.46. The molecule has 4 rings (SSSR count). The van der Waals surface area contributed by atoms with E-state index in [2.05, 4.69) is 11.1 Å². The number of halogens is 1. The molecule has 2 aromatic carbocycles. The average molecular weight is 333 g/mol. The zero-order chi connectivity index (χ0) is 16.8. The third kappa shape index (κ3) is 2.04. The van der Waals surface area contributed by atoms with Gasteiger partial charge in [-0.2, -0.15) is 5.26 Å². The molecule has 0 N–H and O–H groups in total. The second kappa shape index (κ2) is 5.43. The number of aliphatic imine (C=N–C) groups is 1. The summed E-state index contributed by atoms with van der Waals surface area (Å²) in [6.45, 7) is 1.85. The lowest BCUT2D eigenvalue weighted by molar-refractivity contribution is 0.103. The molecular formula is C20H13ClN2O. The number of ketones is 1. The first-order valence-electron chi connectivity index (χ1n) is 7.70. The Morgan fingerprint density at radius 2 is 1.75 bits per heavy atom. The van der Waals surface area contributed by atoms with Crippen LogP contribution in [0.15, 0.2) is 59.1 Å². The Hall–Kier alpha value is -2.70. The number of carbonyl (C=O) groups is 1. The van der Waals surface area contributed by atoms with Gasteiger partial charge in [0.05, 0.1) is 17.7 Å². The van der Waals surface area contributed by atoms with Gasteiger partial charge in [0.15, 0.2) is 5.78 Å². The maximum absolute atomic E-state index is 13.0. The maximum atomic E-state index is 13.0. The molecule has 24 heavy (non-hydrogen) atoms. The Kier molecular flexibility index (Phi) is 3.37. The monoisotopic (exact) mass is 332 g/mol. The number of hydrogen-bond acceptors (Lipinski definition) is 3. The topological polar surface area (TPSA) is 53.2 Å². The minimum absolute atomic E-state index is 0.0305. The van der Waals surface area contributed by atoms with Crippen LogP contribution in [0.5, 0.6) is 0 Å². The fourth-order valence-electron chi connectivity index (χ4n) is 3.55. The van der Waals surface area contributed by atoms with Crippen molar-refractivity contribution in [3.63, 3.8) is 0 Å². The largest absolute Gasteiger partial charge is 0.289 e. The number of fused-ring (bicyclic) bond motifs is 2. The van der Waals surface area contributed by atoms with Crippen molar-refractivity contribution >= 4 is 28.8 Å². The van der Waals surface area contributed by atoms with Crippen molar-refractivity contribution in [1.82, 2.24) is 0 Å². The van der Waals surface area contributed by atoms with E-state index in [1.54, 1.807) is 12.1 Å². The fraction of sp³-hybridized carbons (Fsp3) is 0.150. The van der Waals surface area contributed by atoms with Gasteiger partial charge in [-0.05, 0) is 24.6 Å². The van der Waals surface area contributed by atoms with Gasteiger partial charge < -0.3 is 0 Å². The molecule has 4 heteroatoms. The summed E-state index contributed by atoms with van der Waals surface area (Å²) in [5.74, 6) is -0.806. The zero-order valence-electron chi connectivity index (χ0n) is 13.0. The van der Waals surface area contributed by atoms with Crippen molar-refractivity contribution in [3.05, 3.63) is 75.8 Å². The first-order valence-corrected chi connectivity index (χ1v) is 8.08. The molecule has 1 heterocycles. The fourth-order valence-corrected chi connectivity index (χ4v) is 3.67. The Bertz CT molecular complexity index is 964. The average Bonchev–Trinajstić information content (AvgIpc) is 2.87. The molecule has 1 aliphatic carbocycles. The minimum Gasteiger partial charge on any atom is -0.289 e. The summed E-state index contributed by atoms with van der Waals surface area (Å²) in [7, 11) is 0. The van der Waals surface area contributed by atoms with E-state index >= 15 is 0 Å². The van der Waals surface area contributed by atoms with E-state index in [9.17, 15) is 10.1 Å². The van der Waals surface area contributed by atoms with Gasteiger partial charge in [0.2, 0.25) is 0 Å². The van der Waals surface area contributed by atoms with Gasteiger partial charge in [-0.1, -0.05) is 48.0 Å². The summed E-state index contributed by atoms with van der Waals surface area (Å²) in [6.07, 6.45) is 0. The Balaban J connectivity index is 1.96. The van der Waals surface area contributed by atoms with Crippen LogP contribution in [0.1, 0.15) is 34.3 Å². The molecule has 2 aliphatic rings. The smallest absolute Gasteiger partial charge is 0.192 e. The lowest BCUT2D eigenvalue weighted by Crippen LogP contribution is -2.26. The third-order valence-electron chi connectivity index (χ3n) is 4.68. The van der Waals surface area contributed by atoms with Crippen LogP contribution in [0.4, 0.5) is 0 Å². The standard InChI is InChI=1S/C20H13ClN2O/c1-11-16(10-22)17(12-6-8-13(21)9-7-12)18-19(23-11)14-4-2-3-5-15(14)20(18)24/h2-9,16-17H,1H3/t16?,17-/m0/s1. The van der Waals surface area contributed by atoms with E-state index < -0.39 is 5.92 Å². The Morgan fingerprint density at radius 3 is 2.42 bits per heavy atom. The van der Waals surface area contributed by atoms with Crippen LogP contribution in [0.25, 0.3) is 5.70 Å². The van der Waals surface area contributed by atoms with Crippen molar-refractivity contribution in [2.24, 2.45) is 10.9 Å². The van der Waals surface area contributed by atoms with Crippen molar-refractivity contribution < 1.29 is 4.79 Å². The molecular weight excluding hydrogens is 320 g/mol. The highest BCUT2D eigenvalue weighted by Crippen LogP contribution is 2.47. The highest BCUT2D eigenvalue weighted by molar-refractivity contribution is 6.30. The van der Waals surface area contributed by atoms with Crippen molar-refractivity contribution in [3.8, 4) is 6.07 Å². The van der Waals surface area contributed by atoms with E-state index in [0.717, 1.165) is 16.8 Å². The number of nitriles is 1.